The predicted octanol–water partition coefficient (Wildman–Crippen LogP) is 2.37. The molecular formula is C17H20N2O4. The molecule has 1 amide bonds. The van der Waals surface area contributed by atoms with Gasteiger partial charge in [0.05, 0.1) is 0 Å². The Morgan fingerprint density at radius 2 is 2.00 bits per heavy atom. The van der Waals surface area contributed by atoms with Gasteiger partial charge in [-0.25, -0.2) is 4.79 Å². The molecule has 0 aliphatic heterocycles. The van der Waals surface area contributed by atoms with Crippen LogP contribution in [0.15, 0.2) is 30.5 Å². The zero-order chi connectivity index (χ0) is 17.0. The molecule has 122 valence electrons. The highest BCUT2D eigenvalue weighted by atomic mass is 16.6. The van der Waals surface area contributed by atoms with Crippen molar-refractivity contribution < 1.29 is 19.1 Å². The molecular weight excluding hydrogens is 296 g/mol. The maximum atomic E-state index is 11.9. The number of H-pyrrole nitrogens is 1. The van der Waals surface area contributed by atoms with Crippen LogP contribution in [0.4, 0.5) is 4.79 Å². The van der Waals surface area contributed by atoms with Gasteiger partial charge in [-0.3, -0.25) is 9.59 Å². The smallest absolute Gasteiger partial charge is 0.408 e. The van der Waals surface area contributed by atoms with Gasteiger partial charge in [0.25, 0.3) is 0 Å². The summed E-state index contributed by atoms with van der Waals surface area (Å²) in [5.41, 5.74) is 1.09. The second kappa shape index (κ2) is 6.64. The summed E-state index contributed by atoms with van der Waals surface area (Å²) < 4.78 is 5.14. The lowest BCUT2D eigenvalue weighted by molar-refractivity contribution is -0.131. The number of aromatic nitrogens is 1. The lowest BCUT2D eigenvalue weighted by Gasteiger charge is -2.22. The summed E-state index contributed by atoms with van der Waals surface area (Å²) in [6.07, 6.45) is 1.47. The second-order valence-corrected chi connectivity index (χ2v) is 6.28. The molecule has 0 spiro atoms. The fourth-order valence-electron chi connectivity index (χ4n) is 2.28. The van der Waals surface area contributed by atoms with E-state index in [9.17, 15) is 14.4 Å². The van der Waals surface area contributed by atoms with Crippen LogP contribution >= 0.6 is 0 Å². The number of aldehydes is 1. The number of carbonyl (C=O) groups is 3. The number of fused-ring (bicyclic) bond motifs is 1. The third-order valence-electron chi connectivity index (χ3n) is 3.25. The van der Waals surface area contributed by atoms with Crippen molar-refractivity contribution in [1.29, 1.82) is 0 Å². The number of alkyl carbamates (subject to hydrolysis) is 1. The Labute approximate surface area is 134 Å². The van der Waals surface area contributed by atoms with E-state index in [1.165, 1.54) is 0 Å². The Bertz CT molecular complexity index is 728. The molecule has 0 bridgehead atoms. The average molecular weight is 316 g/mol. The fraction of sp³-hybridized carbons (Fsp3) is 0.353. The highest BCUT2D eigenvalue weighted by molar-refractivity contribution is 6.28. The van der Waals surface area contributed by atoms with Gasteiger partial charge in [-0.15, -0.1) is 0 Å². The minimum atomic E-state index is -0.957. The van der Waals surface area contributed by atoms with Crippen LogP contribution in [0.3, 0.4) is 0 Å². The van der Waals surface area contributed by atoms with Gasteiger partial charge >= 0.3 is 6.09 Å². The molecule has 2 aromatic rings. The first-order valence-corrected chi connectivity index (χ1v) is 7.33. The van der Waals surface area contributed by atoms with Crippen LogP contribution in [-0.4, -0.2) is 34.8 Å². The molecule has 0 saturated carbocycles. The Morgan fingerprint density at radius 3 is 2.65 bits per heavy atom. The summed E-state index contributed by atoms with van der Waals surface area (Å²) in [4.78, 5) is 37.7. The number of benzene rings is 1. The van der Waals surface area contributed by atoms with E-state index in [1.807, 2.05) is 24.3 Å². The Kier molecular flexibility index (Phi) is 4.83. The van der Waals surface area contributed by atoms with E-state index >= 15 is 0 Å². The van der Waals surface area contributed by atoms with E-state index in [0.717, 1.165) is 16.5 Å². The Hall–Kier alpha value is -2.63. The van der Waals surface area contributed by atoms with E-state index in [0.29, 0.717) is 0 Å². The first-order valence-electron chi connectivity index (χ1n) is 7.33. The van der Waals surface area contributed by atoms with Crippen LogP contribution in [0.1, 0.15) is 26.3 Å². The van der Waals surface area contributed by atoms with Crippen LogP contribution in [0, 0.1) is 0 Å². The van der Waals surface area contributed by atoms with Crippen molar-refractivity contribution in [3.8, 4) is 0 Å². The zero-order valence-corrected chi connectivity index (χ0v) is 13.4. The lowest BCUT2D eigenvalue weighted by Crippen LogP contribution is -2.45. The van der Waals surface area contributed by atoms with Gasteiger partial charge in [0.15, 0.2) is 6.29 Å². The molecule has 0 unspecified atom stereocenters. The number of hydrogen-bond acceptors (Lipinski definition) is 4. The molecule has 2 rings (SSSR count). The number of hydrogen-bond donors (Lipinski definition) is 2. The highest BCUT2D eigenvalue weighted by Gasteiger charge is 2.25. The molecule has 6 nitrogen and oxygen atoms in total. The summed E-state index contributed by atoms with van der Waals surface area (Å²) in [6.45, 7) is 5.17. The van der Waals surface area contributed by atoms with Crippen LogP contribution in [0.5, 0.6) is 0 Å². The van der Waals surface area contributed by atoms with Crippen molar-refractivity contribution in [3.05, 3.63) is 36.0 Å². The molecule has 1 aromatic heterocycles. The maximum absolute atomic E-state index is 11.9. The van der Waals surface area contributed by atoms with Crippen molar-refractivity contribution in [2.75, 3.05) is 0 Å². The SMILES string of the molecule is CC(C)(C)OC(=O)N[C@@H](Cc1c[nH]c2ccccc12)C(=O)C=O. The Morgan fingerprint density at radius 1 is 1.30 bits per heavy atom. The largest absolute Gasteiger partial charge is 0.444 e. The van der Waals surface area contributed by atoms with Gasteiger partial charge in [0.2, 0.25) is 5.78 Å². The van der Waals surface area contributed by atoms with Gasteiger partial charge in [0, 0.05) is 23.5 Å². The molecule has 0 radical (unpaired) electrons. The molecule has 0 fully saturated rings. The Balaban J connectivity index is 2.17. The minimum Gasteiger partial charge on any atom is -0.444 e. The van der Waals surface area contributed by atoms with Crippen LogP contribution in [0.25, 0.3) is 10.9 Å². The predicted molar refractivity (Wildman–Crippen MR) is 86.2 cm³/mol. The summed E-state index contributed by atoms with van der Waals surface area (Å²) in [5, 5.41) is 3.42. The number of aromatic amines is 1. The van der Waals surface area contributed by atoms with Crippen molar-refractivity contribution in [2.24, 2.45) is 0 Å². The normalized spacial score (nSPS) is 12.7. The van der Waals surface area contributed by atoms with Crippen LogP contribution in [-0.2, 0) is 20.7 Å². The zero-order valence-electron chi connectivity index (χ0n) is 13.4. The van der Waals surface area contributed by atoms with Crippen molar-refractivity contribution >= 4 is 29.1 Å². The van der Waals surface area contributed by atoms with Crippen LogP contribution in [0.2, 0.25) is 0 Å². The molecule has 0 aliphatic rings. The van der Waals surface area contributed by atoms with Crippen LogP contribution < -0.4 is 5.32 Å². The molecule has 1 heterocycles. The molecule has 2 N–H and O–H groups in total. The second-order valence-electron chi connectivity index (χ2n) is 6.28. The molecule has 0 aliphatic carbocycles. The van der Waals surface area contributed by atoms with Gasteiger partial charge in [-0.2, -0.15) is 0 Å². The summed E-state index contributed by atoms with van der Waals surface area (Å²) in [6, 6.07) is 6.66. The number of rotatable bonds is 5. The number of amides is 1. The number of para-hydroxylation sites is 1. The van der Waals surface area contributed by atoms with E-state index in [1.54, 1.807) is 27.0 Å². The molecule has 23 heavy (non-hydrogen) atoms. The quantitative estimate of drug-likeness (QED) is 0.655. The molecule has 1 atom stereocenters. The molecule has 1 aromatic carbocycles. The van der Waals surface area contributed by atoms with E-state index in [2.05, 4.69) is 10.3 Å². The van der Waals surface area contributed by atoms with Crippen molar-refractivity contribution in [1.82, 2.24) is 10.3 Å². The van der Waals surface area contributed by atoms with E-state index in [4.69, 9.17) is 4.74 Å². The standard InChI is InChI=1S/C17H20N2O4/c1-17(2,3)23-16(22)19-14(15(21)10-20)8-11-9-18-13-7-5-4-6-12(11)13/h4-7,9-10,14,18H,8H2,1-3H3,(H,19,22)/t14-/m0/s1. The van der Waals surface area contributed by atoms with Crippen molar-refractivity contribution in [2.45, 2.75) is 38.8 Å². The van der Waals surface area contributed by atoms with E-state index < -0.39 is 23.5 Å². The maximum Gasteiger partial charge on any atom is 0.408 e. The van der Waals surface area contributed by atoms with Gasteiger partial charge in [0.1, 0.15) is 11.6 Å². The third kappa shape index (κ3) is 4.42. The minimum absolute atomic E-state index is 0.209. The first kappa shape index (κ1) is 16.7. The third-order valence-corrected chi connectivity index (χ3v) is 3.25. The monoisotopic (exact) mass is 316 g/mol. The number of carbonyl (C=O) groups excluding carboxylic acids is 3. The first-order chi connectivity index (χ1) is 10.8. The fourth-order valence-corrected chi connectivity index (χ4v) is 2.28. The number of Topliss-reactive ketones (excluding diaryl/α,β-unsaturated/α-hetero) is 1. The average Bonchev–Trinajstić information content (AvgIpc) is 2.87. The summed E-state index contributed by atoms with van der Waals surface area (Å²) in [7, 11) is 0. The van der Waals surface area contributed by atoms with Gasteiger partial charge < -0.3 is 15.0 Å². The van der Waals surface area contributed by atoms with Gasteiger partial charge in [-0.05, 0) is 32.4 Å². The number of ketones is 1. The summed E-state index contributed by atoms with van der Waals surface area (Å²) in [5.74, 6) is -0.693. The van der Waals surface area contributed by atoms with Crippen molar-refractivity contribution in [3.63, 3.8) is 0 Å². The van der Waals surface area contributed by atoms with E-state index in [-0.39, 0.29) is 12.7 Å². The van der Waals surface area contributed by atoms with Gasteiger partial charge in [-0.1, -0.05) is 18.2 Å². The number of nitrogens with one attached hydrogen (secondary N) is 2. The highest BCUT2D eigenvalue weighted by Crippen LogP contribution is 2.19. The lowest BCUT2D eigenvalue weighted by atomic mass is 10.0. The number of ether oxygens (including phenoxy) is 1. The topological polar surface area (TPSA) is 88.3 Å². The molecule has 0 saturated heterocycles. The molecule has 6 heteroatoms. The summed E-state index contributed by atoms with van der Waals surface area (Å²) >= 11 is 0.